The lowest BCUT2D eigenvalue weighted by Crippen LogP contribution is -2.27. The summed E-state index contributed by atoms with van der Waals surface area (Å²) < 4.78 is 3.25. The fourth-order valence-corrected chi connectivity index (χ4v) is 5.18. The molecule has 0 saturated heterocycles. The summed E-state index contributed by atoms with van der Waals surface area (Å²) in [4.78, 5) is 13.3. The van der Waals surface area contributed by atoms with Crippen LogP contribution >= 0.6 is 46.7 Å². The van der Waals surface area contributed by atoms with E-state index in [2.05, 4.69) is 10.4 Å². The van der Waals surface area contributed by atoms with E-state index in [1.165, 1.54) is 23.1 Å². The van der Waals surface area contributed by atoms with Gasteiger partial charge in [-0.15, -0.1) is 16.4 Å². The molecule has 0 aliphatic carbocycles. The Hall–Kier alpha value is -1.48. The van der Waals surface area contributed by atoms with Gasteiger partial charge in [0, 0.05) is 4.88 Å². The largest absolute Gasteiger partial charge is 0.348 e. The molecule has 0 spiro atoms. The van der Waals surface area contributed by atoms with E-state index in [0.29, 0.717) is 9.71 Å². The number of rotatable bonds is 6. The Kier molecular flexibility index (Phi) is 6.06. The minimum absolute atomic E-state index is 0.00513. The van der Waals surface area contributed by atoms with Crippen molar-refractivity contribution >= 4 is 52.6 Å². The van der Waals surface area contributed by atoms with Crippen molar-refractivity contribution in [3.05, 3.63) is 56.2 Å². The van der Waals surface area contributed by atoms with Gasteiger partial charge in [0.05, 0.1) is 17.5 Å². The van der Waals surface area contributed by atoms with Gasteiger partial charge in [-0.2, -0.15) is 0 Å². The van der Waals surface area contributed by atoms with Gasteiger partial charge in [-0.25, -0.2) is 4.68 Å². The molecule has 0 saturated carbocycles. The molecular weight excluding hydrogens is 390 g/mol. The highest BCUT2D eigenvalue weighted by atomic mass is 32.2. The number of thioether (sulfide) groups is 1. The Morgan fingerprint density at radius 2 is 2.16 bits per heavy atom. The van der Waals surface area contributed by atoms with Crippen LogP contribution in [-0.2, 0) is 4.79 Å². The summed E-state index contributed by atoms with van der Waals surface area (Å²) in [5.41, 5.74) is 2.09. The molecule has 0 radical (unpaired) electrons. The van der Waals surface area contributed by atoms with E-state index in [0.717, 1.165) is 20.5 Å². The maximum Gasteiger partial charge on any atom is 0.230 e. The number of thiophene rings is 1. The van der Waals surface area contributed by atoms with E-state index in [1.54, 1.807) is 16.0 Å². The maximum absolute atomic E-state index is 12.2. The molecule has 3 aromatic rings. The summed E-state index contributed by atoms with van der Waals surface area (Å²) in [6.45, 7) is 4.02. The molecule has 2 aromatic heterocycles. The zero-order valence-electron chi connectivity index (χ0n) is 13.8. The minimum atomic E-state index is -0.00513. The summed E-state index contributed by atoms with van der Waals surface area (Å²) in [6.07, 6.45) is 0. The molecule has 4 nitrogen and oxygen atoms in total. The SMILES string of the molecule is Cc1ccccc1-n1nc(SCC(=O)N[C@H](C)c2cccs2)sc1=S. The number of carbonyl (C=O) groups excluding carboxylic acids is 1. The van der Waals surface area contributed by atoms with E-state index < -0.39 is 0 Å². The van der Waals surface area contributed by atoms with Crippen LogP contribution in [0, 0.1) is 10.9 Å². The fraction of sp³-hybridized carbons (Fsp3) is 0.235. The van der Waals surface area contributed by atoms with Crippen molar-refractivity contribution in [1.82, 2.24) is 15.1 Å². The van der Waals surface area contributed by atoms with Crippen LogP contribution in [0.1, 0.15) is 23.4 Å². The number of para-hydroxylation sites is 1. The number of aryl methyl sites for hydroxylation is 1. The van der Waals surface area contributed by atoms with Crippen molar-refractivity contribution in [2.24, 2.45) is 0 Å². The third kappa shape index (κ3) is 4.58. The monoisotopic (exact) mass is 407 g/mol. The predicted molar refractivity (Wildman–Crippen MR) is 109 cm³/mol. The van der Waals surface area contributed by atoms with Crippen molar-refractivity contribution in [1.29, 1.82) is 0 Å². The second kappa shape index (κ2) is 8.27. The van der Waals surface area contributed by atoms with Gasteiger partial charge in [0.25, 0.3) is 0 Å². The van der Waals surface area contributed by atoms with Crippen molar-refractivity contribution in [2.75, 3.05) is 5.75 Å². The fourth-order valence-electron chi connectivity index (χ4n) is 2.29. The molecule has 0 unspecified atom stereocenters. The normalized spacial score (nSPS) is 12.1. The molecule has 0 aliphatic rings. The van der Waals surface area contributed by atoms with Crippen LogP contribution in [0.4, 0.5) is 0 Å². The highest BCUT2D eigenvalue weighted by Gasteiger charge is 2.13. The molecule has 1 N–H and O–H groups in total. The standard InChI is InChI=1S/C17H17N3OS4/c1-11-6-3-4-7-13(11)20-17(22)25-16(19-20)24-10-15(21)18-12(2)14-8-5-9-23-14/h3-9,12H,10H2,1-2H3,(H,18,21)/t12-/m1/s1. The van der Waals surface area contributed by atoms with Crippen LogP contribution in [0.25, 0.3) is 5.69 Å². The Bertz CT molecular complexity index is 914. The number of nitrogens with one attached hydrogen (secondary N) is 1. The Morgan fingerprint density at radius 1 is 1.36 bits per heavy atom. The molecule has 0 fully saturated rings. The van der Waals surface area contributed by atoms with Gasteiger partial charge in [0.15, 0.2) is 8.29 Å². The third-order valence-corrected chi connectivity index (χ3v) is 6.97. The van der Waals surface area contributed by atoms with Gasteiger partial charge >= 0.3 is 0 Å². The average molecular weight is 408 g/mol. The molecule has 1 aromatic carbocycles. The Labute approximate surface area is 163 Å². The number of hydrogen-bond donors (Lipinski definition) is 1. The van der Waals surface area contributed by atoms with Crippen molar-refractivity contribution < 1.29 is 4.79 Å². The molecule has 25 heavy (non-hydrogen) atoms. The first-order chi connectivity index (χ1) is 12.0. The smallest absolute Gasteiger partial charge is 0.230 e. The lowest BCUT2D eigenvalue weighted by molar-refractivity contribution is -0.119. The summed E-state index contributed by atoms with van der Waals surface area (Å²) in [5, 5.41) is 9.58. The number of carbonyl (C=O) groups is 1. The number of hydrogen-bond acceptors (Lipinski definition) is 6. The van der Waals surface area contributed by atoms with Gasteiger partial charge in [-0.05, 0) is 49.1 Å². The number of amides is 1. The maximum atomic E-state index is 12.2. The number of aromatic nitrogens is 2. The molecule has 3 rings (SSSR count). The highest BCUT2D eigenvalue weighted by Crippen LogP contribution is 2.25. The first-order valence-electron chi connectivity index (χ1n) is 7.66. The lowest BCUT2D eigenvalue weighted by atomic mass is 10.2. The van der Waals surface area contributed by atoms with Crippen molar-refractivity contribution in [3.63, 3.8) is 0 Å². The molecule has 1 amide bonds. The number of benzene rings is 1. The van der Waals surface area contributed by atoms with Crippen LogP contribution in [0.2, 0.25) is 0 Å². The van der Waals surface area contributed by atoms with Crippen LogP contribution in [0.15, 0.2) is 46.1 Å². The molecule has 1 atom stereocenters. The second-order valence-corrected chi connectivity index (χ2v) is 9.25. The summed E-state index contributed by atoms with van der Waals surface area (Å²) in [5.74, 6) is 0.320. The lowest BCUT2D eigenvalue weighted by Gasteiger charge is -2.11. The van der Waals surface area contributed by atoms with E-state index in [4.69, 9.17) is 12.2 Å². The molecule has 8 heteroatoms. The molecular formula is C17H17N3OS4. The van der Waals surface area contributed by atoms with E-state index >= 15 is 0 Å². The quantitative estimate of drug-likeness (QED) is 0.461. The topological polar surface area (TPSA) is 46.9 Å². The molecule has 130 valence electrons. The van der Waals surface area contributed by atoms with Crippen LogP contribution in [-0.4, -0.2) is 21.4 Å². The molecule has 0 bridgehead atoms. The first kappa shape index (κ1) is 18.3. The van der Waals surface area contributed by atoms with Gasteiger partial charge < -0.3 is 5.32 Å². The van der Waals surface area contributed by atoms with Gasteiger partial charge in [0.1, 0.15) is 0 Å². The van der Waals surface area contributed by atoms with Crippen molar-refractivity contribution in [2.45, 2.75) is 24.2 Å². The molecule has 0 aliphatic heterocycles. The Morgan fingerprint density at radius 3 is 2.88 bits per heavy atom. The highest BCUT2D eigenvalue weighted by molar-refractivity contribution is 8.01. The second-order valence-electron chi connectivity index (χ2n) is 5.43. The average Bonchev–Trinajstić information content (AvgIpc) is 3.23. The van der Waals surface area contributed by atoms with Gasteiger partial charge in [-0.1, -0.05) is 47.4 Å². The Balaban J connectivity index is 1.63. The number of nitrogens with zero attached hydrogens (tertiary/aromatic N) is 2. The van der Waals surface area contributed by atoms with Crippen LogP contribution < -0.4 is 5.32 Å². The zero-order chi connectivity index (χ0) is 17.8. The van der Waals surface area contributed by atoms with Gasteiger partial charge in [0.2, 0.25) is 5.91 Å². The van der Waals surface area contributed by atoms with Crippen LogP contribution in [0.5, 0.6) is 0 Å². The van der Waals surface area contributed by atoms with E-state index in [1.807, 2.05) is 55.6 Å². The van der Waals surface area contributed by atoms with Gasteiger partial charge in [-0.3, -0.25) is 4.79 Å². The first-order valence-corrected chi connectivity index (χ1v) is 10.8. The van der Waals surface area contributed by atoms with Crippen molar-refractivity contribution in [3.8, 4) is 5.69 Å². The molecule has 2 heterocycles. The van der Waals surface area contributed by atoms with E-state index in [-0.39, 0.29) is 11.9 Å². The minimum Gasteiger partial charge on any atom is -0.348 e. The summed E-state index contributed by atoms with van der Waals surface area (Å²) >= 11 is 9.91. The summed E-state index contributed by atoms with van der Waals surface area (Å²) in [6, 6.07) is 12.0. The third-order valence-electron chi connectivity index (χ3n) is 3.55. The summed E-state index contributed by atoms with van der Waals surface area (Å²) in [7, 11) is 0. The zero-order valence-corrected chi connectivity index (χ0v) is 17.0. The van der Waals surface area contributed by atoms with Crippen LogP contribution in [0.3, 0.4) is 0 Å². The predicted octanol–water partition coefficient (Wildman–Crippen LogP) is 5.00. The van der Waals surface area contributed by atoms with E-state index in [9.17, 15) is 4.79 Å².